The molecule has 1 fully saturated rings. The number of rotatable bonds is 4. The number of morpholine rings is 1. The maximum absolute atomic E-state index is 5.38. The van der Waals surface area contributed by atoms with Crippen LogP contribution in [0.1, 0.15) is 6.92 Å². The fourth-order valence-electron chi connectivity index (χ4n) is 2.44. The topological polar surface area (TPSA) is 50.3 Å². The van der Waals surface area contributed by atoms with Gasteiger partial charge < -0.3 is 10.1 Å². The van der Waals surface area contributed by atoms with Gasteiger partial charge in [-0.15, -0.1) is 0 Å². The van der Waals surface area contributed by atoms with Gasteiger partial charge in [0.25, 0.3) is 0 Å². The predicted octanol–water partition coefficient (Wildman–Crippen LogP) is 1.76. The van der Waals surface area contributed by atoms with Crippen LogP contribution in [-0.2, 0) is 4.74 Å². The van der Waals surface area contributed by atoms with Crippen molar-refractivity contribution < 1.29 is 4.74 Å². The number of ether oxygens (including phenoxy) is 1. The zero-order valence-electron chi connectivity index (χ0n) is 11.7. The van der Waals surface area contributed by atoms with Gasteiger partial charge >= 0.3 is 0 Å². The highest BCUT2D eigenvalue weighted by Crippen LogP contribution is 2.12. The van der Waals surface area contributed by atoms with Gasteiger partial charge in [-0.05, 0) is 19.1 Å². The van der Waals surface area contributed by atoms with Gasteiger partial charge in [-0.3, -0.25) is 9.88 Å². The number of benzene rings is 1. The number of hydrogen-bond donors (Lipinski definition) is 1. The van der Waals surface area contributed by atoms with Gasteiger partial charge in [-0.1, -0.05) is 12.1 Å². The number of para-hydroxylation sites is 2. The lowest BCUT2D eigenvalue weighted by Gasteiger charge is -2.32. The molecule has 5 heteroatoms. The second-order valence-corrected chi connectivity index (χ2v) is 5.12. The molecule has 0 bridgehead atoms. The van der Waals surface area contributed by atoms with Gasteiger partial charge in [0, 0.05) is 25.7 Å². The summed E-state index contributed by atoms with van der Waals surface area (Å²) < 4.78 is 5.38. The molecule has 1 aliphatic rings. The Morgan fingerprint density at radius 3 is 2.80 bits per heavy atom. The van der Waals surface area contributed by atoms with Crippen LogP contribution in [0.5, 0.6) is 0 Å². The zero-order chi connectivity index (χ0) is 13.8. The van der Waals surface area contributed by atoms with Crippen LogP contribution in [0.3, 0.4) is 0 Å². The molecule has 0 saturated carbocycles. The third-order valence-electron chi connectivity index (χ3n) is 3.70. The molecule has 0 spiro atoms. The van der Waals surface area contributed by atoms with Crippen LogP contribution in [0.15, 0.2) is 30.5 Å². The lowest BCUT2D eigenvalue weighted by molar-refractivity contribution is 0.0227. The van der Waals surface area contributed by atoms with Gasteiger partial charge in [-0.2, -0.15) is 0 Å². The molecule has 106 valence electrons. The van der Waals surface area contributed by atoms with Crippen molar-refractivity contribution in [2.75, 3.05) is 38.2 Å². The van der Waals surface area contributed by atoms with Crippen LogP contribution >= 0.6 is 0 Å². The summed E-state index contributed by atoms with van der Waals surface area (Å²) in [4.78, 5) is 11.4. The monoisotopic (exact) mass is 272 g/mol. The third kappa shape index (κ3) is 3.05. The van der Waals surface area contributed by atoms with Gasteiger partial charge in [0.1, 0.15) is 5.82 Å². The Hall–Kier alpha value is -1.72. The minimum absolute atomic E-state index is 0.465. The number of aromatic nitrogens is 2. The van der Waals surface area contributed by atoms with E-state index in [1.165, 1.54) is 0 Å². The minimum Gasteiger partial charge on any atom is -0.379 e. The Balaban J connectivity index is 1.61. The molecule has 0 amide bonds. The molecule has 0 aliphatic carbocycles. The quantitative estimate of drug-likeness (QED) is 0.919. The summed E-state index contributed by atoms with van der Waals surface area (Å²) in [5, 5.41) is 3.38. The van der Waals surface area contributed by atoms with E-state index in [0.29, 0.717) is 6.04 Å². The molecule has 0 radical (unpaired) electrons. The van der Waals surface area contributed by atoms with E-state index in [2.05, 4.69) is 27.1 Å². The van der Waals surface area contributed by atoms with Crippen molar-refractivity contribution >= 4 is 16.9 Å². The molecular formula is C15H20N4O. The van der Waals surface area contributed by atoms with Crippen LogP contribution < -0.4 is 5.32 Å². The molecule has 3 rings (SSSR count). The smallest absolute Gasteiger partial charge is 0.145 e. The molecule has 1 aliphatic heterocycles. The van der Waals surface area contributed by atoms with Crippen LogP contribution in [-0.4, -0.2) is 53.8 Å². The molecule has 2 heterocycles. The highest BCUT2D eigenvalue weighted by molar-refractivity contribution is 5.75. The Kier molecular flexibility index (Phi) is 4.08. The Morgan fingerprint density at radius 1 is 1.25 bits per heavy atom. The molecule has 1 saturated heterocycles. The summed E-state index contributed by atoms with van der Waals surface area (Å²) in [6.07, 6.45) is 1.80. The van der Waals surface area contributed by atoms with E-state index in [1.54, 1.807) is 6.20 Å². The highest BCUT2D eigenvalue weighted by Gasteiger charge is 2.16. The lowest BCUT2D eigenvalue weighted by atomic mass is 10.2. The van der Waals surface area contributed by atoms with Crippen molar-refractivity contribution in [2.45, 2.75) is 13.0 Å². The summed E-state index contributed by atoms with van der Waals surface area (Å²) in [5.41, 5.74) is 1.86. The average molecular weight is 272 g/mol. The summed E-state index contributed by atoms with van der Waals surface area (Å²) in [5.74, 6) is 0.837. The number of hydrogen-bond acceptors (Lipinski definition) is 5. The van der Waals surface area contributed by atoms with Crippen LogP contribution in [0.4, 0.5) is 5.82 Å². The second kappa shape index (κ2) is 6.15. The number of nitrogens with zero attached hydrogens (tertiary/aromatic N) is 3. The fourth-order valence-corrected chi connectivity index (χ4v) is 2.44. The first-order chi connectivity index (χ1) is 9.83. The van der Waals surface area contributed by atoms with Gasteiger partial charge in [0.05, 0.1) is 30.4 Å². The average Bonchev–Trinajstić information content (AvgIpc) is 2.53. The molecule has 1 aromatic carbocycles. The van der Waals surface area contributed by atoms with Crippen LogP contribution in [0.25, 0.3) is 11.0 Å². The number of fused-ring (bicyclic) bond motifs is 1. The van der Waals surface area contributed by atoms with E-state index < -0.39 is 0 Å². The van der Waals surface area contributed by atoms with Gasteiger partial charge in [0.15, 0.2) is 0 Å². The van der Waals surface area contributed by atoms with E-state index >= 15 is 0 Å². The summed E-state index contributed by atoms with van der Waals surface area (Å²) in [6.45, 7) is 6.78. The lowest BCUT2D eigenvalue weighted by Crippen LogP contribution is -2.45. The molecular weight excluding hydrogens is 252 g/mol. The Bertz CT molecular complexity index is 569. The molecule has 20 heavy (non-hydrogen) atoms. The first-order valence-electron chi connectivity index (χ1n) is 7.10. The van der Waals surface area contributed by atoms with Crippen molar-refractivity contribution in [3.63, 3.8) is 0 Å². The Labute approximate surface area is 119 Å². The first kappa shape index (κ1) is 13.3. The van der Waals surface area contributed by atoms with Crippen molar-refractivity contribution in [1.29, 1.82) is 0 Å². The molecule has 0 unspecified atom stereocenters. The van der Waals surface area contributed by atoms with Crippen molar-refractivity contribution in [3.8, 4) is 0 Å². The SMILES string of the molecule is C[C@@H](CNc1cnc2ccccc2n1)N1CCOCC1. The number of anilines is 1. The van der Waals surface area contributed by atoms with E-state index in [9.17, 15) is 0 Å². The zero-order valence-corrected chi connectivity index (χ0v) is 11.7. The predicted molar refractivity (Wildman–Crippen MR) is 79.9 cm³/mol. The molecule has 1 aromatic heterocycles. The van der Waals surface area contributed by atoms with Crippen LogP contribution in [0.2, 0.25) is 0 Å². The third-order valence-corrected chi connectivity index (χ3v) is 3.70. The Morgan fingerprint density at radius 2 is 2.00 bits per heavy atom. The molecule has 5 nitrogen and oxygen atoms in total. The number of nitrogens with one attached hydrogen (secondary N) is 1. The van der Waals surface area contributed by atoms with E-state index in [-0.39, 0.29) is 0 Å². The summed E-state index contributed by atoms with van der Waals surface area (Å²) >= 11 is 0. The fraction of sp³-hybridized carbons (Fsp3) is 0.467. The van der Waals surface area contributed by atoms with Crippen molar-refractivity contribution in [2.24, 2.45) is 0 Å². The highest BCUT2D eigenvalue weighted by atomic mass is 16.5. The van der Waals surface area contributed by atoms with E-state index in [1.807, 2.05) is 24.3 Å². The molecule has 1 N–H and O–H groups in total. The van der Waals surface area contributed by atoms with Crippen molar-refractivity contribution in [1.82, 2.24) is 14.9 Å². The first-order valence-corrected chi connectivity index (χ1v) is 7.10. The van der Waals surface area contributed by atoms with Crippen molar-refractivity contribution in [3.05, 3.63) is 30.5 Å². The minimum atomic E-state index is 0.465. The van der Waals surface area contributed by atoms with E-state index in [4.69, 9.17) is 4.74 Å². The maximum atomic E-state index is 5.38. The normalized spacial score (nSPS) is 18.1. The summed E-state index contributed by atoms with van der Waals surface area (Å²) in [7, 11) is 0. The molecule has 2 aromatic rings. The van der Waals surface area contributed by atoms with Gasteiger partial charge in [0.2, 0.25) is 0 Å². The van der Waals surface area contributed by atoms with Crippen LogP contribution in [0, 0.1) is 0 Å². The van der Waals surface area contributed by atoms with E-state index in [0.717, 1.165) is 49.7 Å². The summed E-state index contributed by atoms with van der Waals surface area (Å²) in [6, 6.07) is 8.38. The maximum Gasteiger partial charge on any atom is 0.145 e. The van der Waals surface area contributed by atoms with Gasteiger partial charge in [-0.25, -0.2) is 4.98 Å². The standard InChI is InChI=1S/C15H20N4O/c1-12(19-6-8-20-9-7-19)10-17-15-11-16-13-4-2-3-5-14(13)18-15/h2-5,11-12H,6-10H2,1H3,(H,17,18)/t12-/m0/s1. The second-order valence-electron chi connectivity index (χ2n) is 5.12. The molecule has 1 atom stereocenters. The largest absolute Gasteiger partial charge is 0.379 e.